The third kappa shape index (κ3) is 4.76. The Balaban J connectivity index is 1.67. The maximum Gasteiger partial charge on any atom is 0.239 e. The number of carbonyl (C=O) groups is 1. The number of hydrogen-bond acceptors (Lipinski definition) is 9. The van der Waals surface area contributed by atoms with Gasteiger partial charge in [0, 0.05) is 10.9 Å². The maximum absolute atomic E-state index is 12.4. The van der Waals surface area contributed by atoms with Gasteiger partial charge < -0.3 is 14.8 Å². The van der Waals surface area contributed by atoms with E-state index >= 15 is 0 Å². The number of methoxy groups -OCH3 is 2. The smallest absolute Gasteiger partial charge is 0.239 e. The van der Waals surface area contributed by atoms with Gasteiger partial charge >= 0.3 is 0 Å². The molecule has 1 N–H and O–H groups in total. The zero-order chi connectivity index (χ0) is 19.4. The molecule has 1 unspecified atom stereocenters. The van der Waals surface area contributed by atoms with Crippen LogP contribution in [-0.2, 0) is 4.79 Å². The van der Waals surface area contributed by atoms with Crippen LogP contribution in [0.1, 0.15) is 11.9 Å². The Bertz CT molecular complexity index is 941. The van der Waals surface area contributed by atoms with Crippen LogP contribution in [0.2, 0.25) is 0 Å². The topological polar surface area (TPSA) is 86.2 Å². The molecule has 3 rings (SSSR count). The maximum atomic E-state index is 12.4. The lowest BCUT2D eigenvalue weighted by Gasteiger charge is -2.09. The van der Waals surface area contributed by atoms with Crippen molar-refractivity contribution in [2.24, 2.45) is 0 Å². The second-order valence-electron chi connectivity index (χ2n) is 5.44. The Kier molecular flexibility index (Phi) is 6.30. The zero-order valence-electron chi connectivity index (χ0n) is 15.2. The van der Waals surface area contributed by atoms with Gasteiger partial charge in [0.05, 0.1) is 25.2 Å². The highest BCUT2D eigenvalue weighted by Gasteiger charge is 2.18. The molecule has 10 heteroatoms. The highest BCUT2D eigenvalue weighted by molar-refractivity contribution is 8.02. The van der Waals surface area contributed by atoms with E-state index in [1.54, 1.807) is 14.2 Å². The van der Waals surface area contributed by atoms with Crippen molar-refractivity contribution in [2.75, 3.05) is 19.5 Å². The number of carbonyl (C=O) groups excluding carboxylic acids is 1. The fourth-order valence-electron chi connectivity index (χ4n) is 2.20. The summed E-state index contributed by atoms with van der Waals surface area (Å²) in [6.45, 7) is 3.72. The van der Waals surface area contributed by atoms with Gasteiger partial charge in [0.1, 0.15) is 5.01 Å². The average Bonchev–Trinajstić information content (AvgIpc) is 3.30. The lowest BCUT2D eigenvalue weighted by molar-refractivity contribution is -0.115. The Morgan fingerprint density at radius 3 is 2.67 bits per heavy atom. The number of anilines is 1. The summed E-state index contributed by atoms with van der Waals surface area (Å²) in [5.41, 5.74) is 1.65. The minimum Gasteiger partial charge on any atom is -0.493 e. The van der Waals surface area contributed by atoms with Crippen LogP contribution < -0.4 is 14.8 Å². The second kappa shape index (κ2) is 8.68. The summed E-state index contributed by atoms with van der Waals surface area (Å²) >= 11 is 4.23. The van der Waals surface area contributed by atoms with Crippen molar-refractivity contribution in [3.05, 3.63) is 28.6 Å². The molecule has 142 valence electrons. The predicted octanol–water partition coefficient (Wildman–Crippen LogP) is 4.11. The molecular formula is C17H18N4O3S3. The van der Waals surface area contributed by atoms with E-state index < -0.39 is 0 Å². The standard InChI is InChI=1S/C17H18N4O3S3/c1-9(26-17-21-20-10(2)27-17)15(22)19-16-18-12(8-25-16)11-5-6-13(23-3)14(7-11)24-4/h5-9H,1-4H3,(H,18,19,22). The van der Waals surface area contributed by atoms with E-state index in [4.69, 9.17) is 9.47 Å². The van der Waals surface area contributed by atoms with Gasteiger partial charge in [0.2, 0.25) is 5.91 Å². The lowest BCUT2D eigenvalue weighted by Crippen LogP contribution is -2.22. The van der Waals surface area contributed by atoms with Gasteiger partial charge in [-0.3, -0.25) is 4.79 Å². The highest BCUT2D eigenvalue weighted by atomic mass is 32.2. The number of aromatic nitrogens is 3. The molecule has 0 bridgehead atoms. The first-order valence-corrected chi connectivity index (χ1v) is 10.5. The van der Waals surface area contributed by atoms with Crippen LogP contribution in [0.3, 0.4) is 0 Å². The van der Waals surface area contributed by atoms with E-state index in [1.165, 1.54) is 34.4 Å². The van der Waals surface area contributed by atoms with Crippen LogP contribution in [0.5, 0.6) is 11.5 Å². The predicted molar refractivity (Wildman–Crippen MR) is 109 cm³/mol. The first-order valence-electron chi connectivity index (χ1n) is 7.95. The number of thiazole rings is 1. The first-order chi connectivity index (χ1) is 13.0. The number of nitrogens with zero attached hydrogens (tertiary/aromatic N) is 3. The molecule has 2 heterocycles. The zero-order valence-corrected chi connectivity index (χ0v) is 17.6. The van der Waals surface area contributed by atoms with Crippen LogP contribution in [0.25, 0.3) is 11.3 Å². The first kappa shape index (κ1) is 19.6. The summed E-state index contributed by atoms with van der Waals surface area (Å²) in [6, 6.07) is 5.59. The second-order valence-corrected chi connectivity index (χ2v) is 9.07. The van der Waals surface area contributed by atoms with E-state index in [1.807, 2.05) is 37.4 Å². The molecule has 0 aliphatic carbocycles. The molecule has 0 saturated carbocycles. The van der Waals surface area contributed by atoms with Gasteiger partial charge in [-0.05, 0) is 32.0 Å². The van der Waals surface area contributed by atoms with Crippen molar-refractivity contribution < 1.29 is 14.3 Å². The number of nitrogens with one attached hydrogen (secondary N) is 1. The largest absolute Gasteiger partial charge is 0.493 e. The Morgan fingerprint density at radius 1 is 1.22 bits per heavy atom. The monoisotopic (exact) mass is 422 g/mol. The molecule has 0 fully saturated rings. The quantitative estimate of drug-likeness (QED) is 0.574. The van der Waals surface area contributed by atoms with Crippen LogP contribution in [0.4, 0.5) is 5.13 Å². The summed E-state index contributed by atoms with van der Waals surface area (Å²) < 4.78 is 11.4. The molecule has 7 nitrogen and oxygen atoms in total. The Labute approximate surface area is 169 Å². The van der Waals surface area contributed by atoms with E-state index in [0.717, 1.165) is 20.6 Å². The van der Waals surface area contributed by atoms with E-state index in [9.17, 15) is 4.79 Å². The van der Waals surface area contributed by atoms with E-state index in [0.29, 0.717) is 16.6 Å². The molecule has 1 atom stereocenters. The normalized spacial score (nSPS) is 11.9. The van der Waals surface area contributed by atoms with E-state index in [-0.39, 0.29) is 11.2 Å². The molecule has 0 saturated heterocycles. The highest BCUT2D eigenvalue weighted by Crippen LogP contribution is 2.34. The summed E-state index contributed by atoms with van der Waals surface area (Å²) in [7, 11) is 3.18. The van der Waals surface area contributed by atoms with Gasteiger partial charge in [-0.2, -0.15) is 0 Å². The van der Waals surface area contributed by atoms with Gasteiger partial charge in [-0.1, -0.05) is 23.1 Å². The van der Waals surface area contributed by atoms with E-state index in [2.05, 4.69) is 20.5 Å². The van der Waals surface area contributed by atoms with Gasteiger partial charge in [-0.15, -0.1) is 21.5 Å². The van der Waals surface area contributed by atoms with Gasteiger partial charge in [0.15, 0.2) is 21.0 Å². The average molecular weight is 423 g/mol. The molecule has 0 aliphatic heterocycles. The number of hydrogen-bond donors (Lipinski definition) is 1. The number of benzene rings is 1. The van der Waals surface area contributed by atoms with Crippen molar-refractivity contribution in [2.45, 2.75) is 23.4 Å². The summed E-state index contributed by atoms with van der Waals surface area (Å²) in [5.74, 6) is 1.16. The summed E-state index contributed by atoms with van der Waals surface area (Å²) in [5, 5.41) is 13.9. The molecule has 2 aromatic heterocycles. The van der Waals surface area contributed by atoms with Crippen LogP contribution in [-0.4, -0.2) is 40.6 Å². The molecule has 0 spiro atoms. The molecular weight excluding hydrogens is 404 g/mol. The molecule has 3 aromatic rings. The number of aryl methyl sites for hydroxylation is 1. The van der Waals surface area contributed by atoms with Crippen molar-refractivity contribution in [1.29, 1.82) is 0 Å². The summed E-state index contributed by atoms with van der Waals surface area (Å²) in [4.78, 5) is 16.9. The van der Waals surface area contributed by atoms with Crippen molar-refractivity contribution in [1.82, 2.24) is 15.2 Å². The van der Waals surface area contributed by atoms with Gasteiger partial charge in [0.25, 0.3) is 0 Å². The third-order valence-corrected chi connectivity index (χ3v) is 6.35. The molecule has 0 aliphatic rings. The Hall–Kier alpha value is -2.17. The van der Waals surface area contributed by atoms with Crippen LogP contribution in [0, 0.1) is 6.92 Å². The molecule has 1 aromatic carbocycles. The number of rotatable bonds is 7. The fraction of sp³-hybridized carbons (Fsp3) is 0.294. The molecule has 1 amide bonds. The van der Waals surface area contributed by atoms with Gasteiger partial charge in [-0.25, -0.2) is 4.98 Å². The van der Waals surface area contributed by atoms with Crippen molar-refractivity contribution in [3.63, 3.8) is 0 Å². The number of amides is 1. The lowest BCUT2D eigenvalue weighted by atomic mass is 10.1. The summed E-state index contributed by atoms with van der Waals surface area (Å²) in [6.07, 6.45) is 0. The fourth-order valence-corrected chi connectivity index (χ4v) is 4.88. The van der Waals surface area contributed by atoms with Crippen LogP contribution in [0.15, 0.2) is 27.9 Å². The minimum absolute atomic E-state index is 0.124. The number of thioether (sulfide) groups is 1. The van der Waals surface area contributed by atoms with Crippen LogP contribution >= 0.6 is 34.4 Å². The third-order valence-electron chi connectivity index (χ3n) is 3.57. The molecule has 27 heavy (non-hydrogen) atoms. The number of ether oxygens (including phenoxy) is 2. The molecule has 0 radical (unpaired) electrons. The minimum atomic E-state index is -0.300. The SMILES string of the molecule is COc1ccc(-c2csc(NC(=O)C(C)Sc3nnc(C)s3)n2)cc1OC. The Morgan fingerprint density at radius 2 is 2.00 bits per heavy atom. The van der Waals surface area contributed by atoms with Crippen molar-refractivity contribution in [3.8, 4) is 22.8 Å². The van der Waals surface area contributed by atoms with Crippen molar-refractivity contribution >= 4 is 45.5 Å².